The molecular formula is C13H27NO5. The average molecular weight is 277 g/mol. The molecule has 0 aliphatic rings. The zero-order valence-electron chi connectivity index (χ0n) is 12.1. The predicted octanol–water partition coefficient (Wildman–Crippen LogP) is 0.584. The molecule has 0 fully saturated rings. The number of ether oxygens (including phenoxy) is 4. The van der Waals surface area contributed by atoms with Crippen LogP contribution in [0.25, 0.3) is 0 Å². The zero-order chi connectivity index (χ0) is 14.3. The van der Waals surface area contributed by atoms with Gasteiger partial charge in [0.25, 0.3) is 0 Å². The molecular weight excluding hydrogens is 250 g/mol. The fourth-order valence-corrected chi connectivity index (χ4v) is 1.37. The van der Waals surface area contributed by atoms with Gasteiger partial charge in [0, 0.05) is 13.5 Å². The van der Waals surface area contributed by atoms with Crippen LogP contribution in [0.1, 0.15) is 19.8 Å². The molecule has 0 spiro atoms. The lowest BCUT2D eigenvalue weighted by molar-refractivity contribution is -0.146. The van der Waals surface area contributed by atoms with E-state index in [2.05, 4.69) is 0 Å². The summed E-state index contributed by atoms with van der Waals surface area (Å²) in [5.74, 6) is -0.000141. The summed E-state index contributed by atoms with van der Waals surface area (Å²) in [7, 11) is 1.63. The second kappa shape index (κ2) is 13.7. The number of hydrogen-bond donors (Lipinski definition) is 1. The van der Waals surface area contributed by atoms with Gasteiger partial charge in [-0.1, -0.05) is 13.3 Å². The van der Waals surface area contributed by atoms with E-state index in [0.717, 1.165) is 6.42 Å². The van der Waals surface area contributed by atoms with Gasteiger partial charge in [-0.3, -0.25) is 4.79 Å². The average Bonchev–Trinajstić information content (AvgIpc) is 2.43. The number of methoxy groups -OCH3 is 1. The van der Waals surface area contributed by atoms with Gasteiger partial charge < -0.3 is 24.7 Å². The highest BCUT2D eigenvalue weighted by atomic mass is 16.6. The Kier molecular flexibility index (Phi) is 13.2. The Bertz CT molecular complexity index is 209. The molecule has 19 heavy (non-hydrogen) atoms. The fraction of sp³-hybridized carbons (Fsp3) is 0.923. The maximum atomic E-state index is 11.4. The van der Waals surface area contributed by atoms with Crippen molar-refractivity contribution in [3.05, 3.63) is 0 Å². The molecule has 0 aromatic carbocycles. The van der Waals surface area contributed by atoms with Gasteiger partial charge in [-0.15, -0.1) is 0 Å². The molecule has 6 nitrogen and oxygen atoms in total. The Morgan fingerprint density at radius 2 is 1.63 bits per heavy atom. The highest BCUT2D eigenvalue weighted by Crippen LogP contribution is 2.06. The molecule has 0 saturated carbocycles. The summed E-state index contributed by atoms with van der Waals surface area (Å²) in [6.07, 6.45) is 1.27. The minimum atomic E-state index is -0.211. The van der Waals surface area contributed by atoms with Crippen molar-refractivity contribution in [1.29, 1.82) is 0 Å². The van der Waals surface area contributed by atoms with E-state index in [-0.39, 0.29) is 18.5 Å². The van der Waals surface area contributed by atoms with Crippen LogP contribution in [-0.2, 0) is 23.7 Å². The first kappa shape index (κ1) is 18.3. The first-order valence-electron chi connectivity index (χ1n) is 6.74. The van der Waals surface area contributed by atoms with Crippen molar-refractivity contribution in [2.24, 2.45) is 11.7 Å². The molecule has 0 aliphatic heterocycles. The fourth-order valence-electron chi connectivity index (χ4n) is 1.37. The van der Waals surface area contributed by atoms with Crippen LogP contribution in [0.2, 0.25) is 0 Å². The van der Waals surface area contributed by atoms with Gasteiger partial charge in [0.15, 0.2) is 0 Å². The smallest absolute Gasteiger partial charge is 0.306 e. The lowest BCUT2D eigenvalue weighted by Crippen LogP contribution is -2.20. The molecule has 0 amide bonds. The molecule has 0 aliphatic carbocycles. The third-order valence-electron chi connectivity index (χ3n) is 2.66. The van der Waals surface area contributed by atoms with Crippen molar-refractivity contribution < 1.29 is 23.7 Å². The Morgan fingerprint density at radius 3 is 2.16 bits per heavy atom. The van der Waals surface area contributed by atoms with Crippen molar-refractivity contribution in [2.45, 2.75) is 19.8 Å². The summed E-state index contributed by atoms with van der Waals surface area (Å²) in [6.45, 7) is 5.34. The summed E-state index contributed by atoms with van der Waals surface area (Å²) in [6, 6.07) is 0. The molecule has 2 N–H and O–H groups in total. The molecule has 0 heterocycles. The van der Waals surface area contributed by atoms with E-state index in [0.29, 0.717) is 46.0 Å². The molecule has 0 radical (unpaired) electrons. The van der Waals surface area contributed by atoms with Gasteiger partial charge in [0.05, 0.1) is 33.0 Å². The van der Waals surface area contributed by atoms with Gasteiger partial charge in [-0.25, -0.2) is 0 Å². The maximum absolute atomic E-state index is 11.4. The van der Waals surface area contributed by atoms with Gasteiger partial charge in [-0.05, 0) is 12.5 Å². The number of carbonyl (C=O) groups is 1. The number of rotatable bonds is 13. The topological polar surface area (TPSA) is 80.0 Å². The minimum absolute atomic E-state index is 0.211. The Hall–Kier alpha value is -0.690. The first-order valence-corrected chi connectivity index (χ1v) is 6.74. The van der Waals surface area contributed by atoms with Crippen LogP contribution in [0.3, 0.4) is 0 Å². The Balaban J connectivity index is 3.27. The zero-order valence-corrected chi connectivity index (χ0v) is 12.1. The van der Waals surface area contributed by atoms with E-state index in [4.69, 9.17) is 24.7 Å². The van der Waals surface area contributed by atoms with Crippen LogP contribution in [0.4, 0.5) is 0 Å². The molecule has 0 rings (SSSR count). The Morgan fingerprint density at radius 1 is 1.05 bits per heavy atom. The number of carbonyl (C=O) groups excluding carboxylic acids is 1. The highest BCUT2D eigenvalue weighted by Gasteiger charge is 2.11. The van der Waals surface area contributed by atoms with Crippen molar-refractivity contribution in [3.8, 4) is 0 Å². The lowest BCUT2D eigenvalue weighted by Gasteiger charge is -2.11. The molecule has 1 unspecified atom stereocenters. The van der Waals surface area contributed by atoms with Crippen molar-refractivity contribution >= 4 is 5.97 Å². The first-order chi connectivity index (χ1) is 9.24. The predicted molar refractivity (Wildman–Crippen MR) is 71.9 cm³/mol. The Labute approximate surface area is 115 Å². The van der Waals surface area contributed by atoms with Crippen LogP contribution in [-0.4, -0.2) is 59.3 Å². The van der Waals surface area contributed by atoms with Crippen LogP contribution >= 0.6 is 0 Å². The summed E-state index contributed by atoms with van der Waals surface area (Å²) < 4.78 is 20.3. The van der Waals surface area contributed by atoms with Crippen LogP contribution in [0.15, 0.2) is 0 Å². The maximum Gasteiger partial charge on any atom is 0.306 e. The molecule has 0 aromatic rings. The SMILES string of the molecule is CCC(CN)CC(=O)OCCOCCOCCOC. The standard InChI is InChI=1S/C13H27NO5/c1-3-12(11-14)10-13(15)19-9-8-18-7-6-17-5-4-16-2/h12H,3-11,14H2,1-2H3. The molecule has 114 valence electrons. The number of nitrogens with two attached hydrogens (primary N) is 1. The third-order valence-corrected chi connectivity index (χ3v) is 2.66. The van der Waals surface area contributed by atoms with Crippen LogP contribution in [0, 0.1) is 5.92 Å². The van der Waals surface area contributed by atoms with Gasteiger partial charge >= 0.3 is 5.97 Å². The monoisotopic (exact) mass is 277 g/mol. The summed E-state index contributed by atoms with van der Waals surface area (Å²) in [5.41, 5.74) is 5.52. The highest BCUT2D eigenvalue weighted by molar-refractivity contribution is 5.69. The van der Waals surface area contributed by atoms with Crippen molar-refractivity contribution in [2.75, 3.05) is 53.3 Å². The van der Waals surface area contributed by atoms with E-state index in [1.54, 1.807) is 7.11 Å². The largest absolute Gasteiger partial charge is 0.463 e. The third kappa shape index (κ3) is 12.1. The lowest BCUT2D eigenvalue weighted by atomic mass is 10.0. The second-order valence-corrected chi connectivity index (χ2v) is 4.15. The molecule has 0 saturated heterocycles. The van der Waals surface area contributed by atoms with Gasteiger partial charge in [0.2, 0.25) is 0 Å². The van der Waals surface area contributed by atoms with Crippen LogP contribution < -0.4 is 5.73 Å². The summed E-state index contributed by atoms with van der Waals surface area (Å²) in [4.78, 5) is 11.4. The van der Waals surface area contributed by atoms with E-state index >= 15 is 0 Å². The molecule has 1 atom stereocenters. The van der Waals surface area contributed by atoms with Gasteiger partial charge in [-0.2, -0.15) is 0 Å². The van der Waals surface area contributed by atoms with E-state index in [1.807, 2.05) is 6.92 Å². The van der Waals surface area contributed by atoms with E-state index in [9.17, 15) is 4.79 Å². The minimum Gasteiger partial charge on any atom is -0.463 e. The summed E-state index contributed by atoms with van der Waals surface area (Å²) in [5, 5.41) is 0. The second-order valence-electron chi connectivity index (χ2n) is 4.15. The van der Waals surface area contributed by atoms with Gasteiger partial charge in [0.1, 0.15) is 6.61 Å². The molecule has 0 bridgehead atoms. The number of hydrogen-bond acceptors (Lipinski definition) is 6. The van der Waals surface area contributed by atoms with Crippen molar-refractivity contribution in [3.63, 3.8) is 0 Å². The summed E-state index contributed by atoms with van der Waals surface area (Å²) >= 11 is 0. The molecule has 6 heteroatoms. The number of esters is 1. The van der Waals surface area contributed by atoms with E-state index in [1.165, 1.54) is 0 Å². The van der Waals surface area contributed by atoms with Crippen LogP contribution in [0.5, 0.6) is 0 Å². The van der Waals surface area contributed by atoms with E-state index < -0.39 is 0 Å². The van der Waals surface area contributed by atoms with Crippen molar-refractivity contribution in [1.82, 2.24) is 0 Å². The molecule has 0 aromatic heterocycles. The normalized spacial score (nSPS) is 12.4. The quantitative estimate of drug-likeness (QED) is 0.392.